The summed E-state index contributed by atoms with van der Waals surface area (Å²) in [7, 11) is -3.11. The van der Waals surface area contributed by atoms with Gasteiger partial charge in [0.15, 0.2) is 0 Å². The molecule has 6 heteroatoms. The second-order valence-corrected chi connectivity index (χ2v) is 8.38. The highest BCUT2D eigenvalue weighted by molar-refractivity contribution is 7.89. The molecule has 0 bridgehead atoms. The molecule has 0 aromatic heterocycles. The molecule has 1 N–H and O–H groups in total. The van der Waals surface area contributed by atoms with Crippen LogP contribution in [0.25, 0.3) is 0 Å². The van der Waals surface area contributed by atoms with Crippen molar-refractivity contribution in [1.82, 2.24) is 9.62 Å². The number of rotatable bonds is 7. The Hall–Kier alpha value is -0.170. The smallest absolute Gasteiger partial charge is 0.214 e. The molecule has 21 heavy (non-hydrogen) atoms. The van der Waals surface area contributed by atoms with Gasteiger partial charge in [0.2, 0.25) is 10.0 Å². The molecule has 0 radical (unpaired) electrons. The molecule has 2 heterocycles. The molecule has 0 aromatic carbocycles. The predicted octanol–water partition coefficient (Wildman–Crippen LogP) is 1.60. The van der Waals surface area contributed by atoms with Crippen LogP contribution in [0.3, 0.4) is 0 Å². The molecular weight excluding hydrogens is 288 g/mol. The molecule has 0 aliphatic carbocycles. The third kappa shape index (κ3) is 5.51. The zero-order chi connectivity index (χ0) is 15.1. The van der Waals surface area contributed by atoms with E-state index in [0.29, 0.717) is 24.8 Å². The molecule has 0 amide bonds. The Morgan fingerprint density at radius 1 is 1.24 bits per heavy atom. The summed E-state index contributed by atoms with van der Waals surface area (Å²) in [4.78, 5) is 0. The van der Waals surface area contributed by atoms with Crippen LogP contribution in [-0.2, 0) is 14.8 Å². The average molecular weight is 318 g/mol. The summed E-state index contributed by atoms with van der Waals surface area (Å²) in [5.74, 6) is 0.871. The van der Waals surface area contributed by atoms with Crippen molar-refractivity contribution in [3.8, 4) is 0 Å². The maximum atomic E-state index is 12.5. The Morgan fingerprint density at radius 3 is 2.71 bits per heavy atom. The minimum absolute atomic E-state index is 0.0901. The van der Waals surface area contributed by atoms with Crippen molar-refractivity contribution in [3.05, 3.63) is 0 Å². The zero-order valence-corrected chi connectivity index (χ0v) is 14.0. The van der Waals surface area contributed by atoms with Gasteiger partial charge >= 0.3 is 0 Å². The second-order valence-electron chi connectivity index (χ2n) is 6.29. The van der Waals surface area contributed by atoms with Crippen LogP contribution in [0.2, 0.25) is 0 Å². The van der Waals surface area contributed by atoms with Crippen molar-refractivity contribution < 1.29 is 13.2 Å². The predicted molar refractivity (Wildman–Crippen MR) is 84.8 cm³/mol. The second kappa shape index (κ2) is 8.46. The van der Waals surface area contributed by atoms with E-state index in [-0.39, 0.29) is 6.10 Å². The Kier molecular flexibility index (Phi) is 6.92. The third-order valence-corrected chi connectivity index (χ3v) is 6.40. The normalized spacial score (nSPS) is 26.0. The molecule has 2 aliphatic heterocycles. The average Bonchev–Trinajstić information content (AvgIpc) is 2.52. The highest BCUT2D eigenvalue weighted by atomic mass is 32.2. The van der Waals surface area contributed by atoms with Crippen molar-refractivity contribution in [3.63, 3.8) is 0 Å². The number of hydrogen-bond donors (Lipinski definition) is 1. The van der Waals surface area contributed by atoms with Crippen LogP contribution < -0.4 is 5.32 Å². The van der Waals surface area contributed by atoms with Crippen LogP contribution in [0.1, 0.15) is 45.4 Å². The molecule has 0 aromatic rings. The highest BCUT2D eigenvalue weighted by Crippen LogP contribution is 2.21. The van der Waals surface area contributed by atoms with Gasteiger partial charge in [-0.15, -0.1) is 0 Å². The lowest BCUT2D eigenvalue weighted by atomic mass is 9.96. The standard InChI is InChI=1S/C15H30N2O3S/c1-2-11-20-15-4-3-10-17(13-15)21(18,19)12-7-14-5-8-16-9-6-14/h14-16H,2-13H2,1H3. The molecule has 5 nitrogen and oxygen atoms in total. The van der Waals surface area contributed by atoms with E-state index in [1.165, 1.54) is 0 Å². The fourth-order valence-electron chi connectivity index (χ4n) is 3.19. The quantitative estimate of drug-likeness (QED) is 0.774. The lowest BCUT2D eigenvalue weighted by Gasteiger charge is -2.32. The number of nitrogens with one attached hydrogen (secondary N) is 1. The summed E-state index contributed by atoms with van der Waals surface area (Å²) in [6.07, 6.45) is 6.00. The van der Waals surface area contributed by atoms with E-state index >= 15 is 0 Å². The van der Waals surface area contributed by atoms with E-state index in [9.17, 15) is 8.42 Å². The number of hydrogen-bond acceptors (Lipinski definition) is 4. The van der Waals surface area contributed by atoms with Crippen LogP contribution in [0, 0.1) is 5.92 Å². The Labute approximate surface area is 129 Å². The van der Waals surface area contributed by atoms with E-state index in [0.717, 1.165) is 58.2 Å². The SMILES string of the molecule is CCCOC1CCCN(S(=O)(=O)CCC2CCNCC2)C1. The van der Waals surface area contributed by atoms with Gasteiger partial charge in [0.25, 0.3) is 0 Å². The first-order valence-electron chi connectivity index (χ1n) is 8.42. The molecule has 2 fully saturated rings. The van der Waals surface area contributed by atoms with Gasteiger partial charge in [0, 0.05) is 19.7 Å². The topological polar surface area (TPSA) is 58.6 Å². The van der Waals surface area contributed by atoms with Gasteiger partial charge in [0.1, 0.15) is 0 Å². The number of nitrogens with zero attached hydrogens (tertiary/aromatic N) is 1. The fourth-order valence-corrected chi connectivity index (χ4v) is 4.88. The largest absolute Gasteiger partial charge is 0.377 e. The third-order valence-electron chi connectivity index (χ3n) is 4.53. The summed E-state index contributed by atoms with van der Waals surface area (Å²) >= 11 is 0. The number of sulfonamides is 1. The molecule has 0 spiro atoms. The van der Waals surface area contributed by atoms with Crippen LogP contribution >= 0.6 is 0 Å². The van der Waals surface area contributed by atoms with Crippen LogP contribution in [0.15, 0.2) is 0 Å². The molecule has 0 saturated carbocycles. The van der Waals surface area contributed by atoms with E-state index in [1.807, 2.05) is 0 Å². The van der Waals surface area contributed by atoms with Gasteiger partial charge in [-0.2, -0.15) is 4.31 Å². The van der Waals surface area contributed by atoms with Crippen LogP contribution in [0.5, 0.6) is 0 Å². The Morgan fingerprint density at radius 2 is 2.00 bits per heavy atom. The van der Waals surface area contributed by atoms with Gasteiger partial charge in [-0.25, -0.2) is 8.42 Å². The van der Waals surface area contributed by atoms with E-state index in [2.05, 4.69) is 12.2 Å². The monoisotopic (exact) mass is 318 g/mol. The van der Waals surface area contributed by atoms with E-state index in [4.69, 9.17) is 4.74 Å². The Balaban J connectivity index is 1.80. The minimum atomic E-state index is -3.11. The summed E-state index contributed by atoms with van der Waals surface area (Å²) < 4.78 is 32.4. The van der Waals surface area contributed by atoms with E-state index < -0.39 is 10.0 Å². The molecule has 1 unspecified atom stereocenters. The van der Waals surface area contributed by atoms with Gasteiger partial charge in [-0.3, -0.25) is 0 Å². The summed E-state index contributed by atoms with van der Waals surface area (Å²) in [6.45, 7) is 6.09. The van der Waals surface area contributed by atoms with Crippen molar-refractivity contribution in [1.29, 1.82) is 0 Å². The van der Waals surface area contributed by atoms with Gasteiger partial charge in [0.05, 0.1) is 11.9 Å². The van der Waals surface area contributed by atoms with Crippen molar-refractivity contribution in [2.75, 3.05) is 38.5 Å². The molecule has 1 atom stereocenters. The number of ether oxygens (including phenoxy) is 1. The van der Waals surface area contributed by atoms with Crippen LogP contribution in [-0.4, -0.2) is 57.4 Å². The van der Waals surface area contributed by atoms with Crippen molar-refractivity contribution >= 4 is 10.0 Å². The molecule has 2 saturated heterocycles. The molecule has 2 aliphatic rings. The van der Waals surface area contributed by atoms with E-state index in [1.54, 1.807) is 4.31 Å². The maximum Gasteiger partial charge on any atom is 0.214 e. The maximum absolute atomic E-state index is 12.5. The van der Waals surface area contributed by atoms with Gasteiger partial charge < -0.3 is 10.1 Å². The number of piperidine rings is 2. The van der Waals surface area contributed by atoms with Crippen molar-refractivity contribution in [2.24, 2.45) is 5.92 Å². The Bertz CT molecular complexity index is 394. The fraction of sp³-hybridized carbons (Fsp3) is 1.00. The lowest BCUT2D eigenvalue weighted by molar-refractivity contribution is 0.0193. The van der Waals surface area contributed by atoms with Crippen LogP contribution in [0.4, 0.5) is 0 Å². The minimum Gasteiger partial charge on any atom is -0.377 e. The zero-order valence-electron chi connectivity index (χ0n) is 13.2. The molecule has 124 valence electrons. The summed E-state index contributed by atoms with van der Waals surface area (Å²) in [5, 5.41) is 3.32. The summed E-state index contributed by atoms with van der Waals surface area (Å²) in [5.41, 5.74) is 0. The summed E-state index contributed by atoms with van der Waals surface area (Å²) in [6, 6.07) is 0. The molecular formula is C15H30N2O3S. The first kappa shape index (κ1) is 17.2. The van der Waals surface area contributed by atoms with Gasteiger partial charge in [-0.1, -0.05) is 6.92 Å². The molecule has 2 rings (SSSR count). The lowest BCUT2D eigenvalue weighted by Crippen LogP contribution is -2.44. The first-order chi connectivity index (χ1) is 10.1. The van der Waals surface area contributed by atoms with Gasteiger partial charge in [-0.05, 0) is 57.5 Å². The first-order valence-corrected chi connectivity index (χ1v) is 10.0. The highest BCUT2D eigenvalue weighted by Gasteiger charge is 2.29. The van der Waals surface area contributed by atoms with Crippen molar-refractivity contribution in [2.45, 2.75) is 51.6 Å².